The van der Waals surface area contributed by atoms with Gasteiger partial charge in [0.15, 0.2) is 0 Å². The van der Waals surface area contributed by atoms with Crippen LogP contribution < -0.4 is 0 Å². The molecule has 134 valence electrons. The zero-order chi connectivity index (χ0) is 17.6. The van der Waals surface area contributed by atoms with Gasteiger partial charge in [-0.15, -0.1) is 0 Å². The van der Waals surface area contributed by atoms with E-state index in [0.717, 1.165) is 12.8 Å². The molecule has 1 amide bonds. The molecule has 1 saturated heterocycles. The number of nitrogens with zero attached hydrogens (tertiary/aromatic N) is 3. The van der Waals surface area contributed by atoms with Crippen molar-refractivity contribution >= 4 is 5.91 Å². The minimum atomic E-state index is -1.12. The fourth-order valence-electron chi connectivity index (χ4n) is 3.72. The van der Waals surface area contributed by atoms with Crippen molar-refractivity contribution in [2.75, 3.05) is 13.1 Å². The van der Waals surface area contributed by atoms with Crippen LogP contribution in [0.15, 0.2) is 6.20 Å². The molecule has 1 aromatic heterocycles. The summed E-state index contributed by atoms with van der Waals surface area (Å²) in [6.45, 7) is 7.24. The van der Waals surface area contributed by atoms with E-state index in [1.165, 1.54) is 6.20 Å². The zero-order valence-corrected chi connectivity index (χ0v) is 14.7. The molecule has 0 aromatic carbocycles. The minimum Gasteiger partial charge on any atom is -0.390 e. The van der Waals surface area contributed by atoms with Crippen LogP contribution in [0.4, 0.5) is 0 Å². The van der Waals surface area contributed by atoms with Crippen LogP contribution in [-0.4, -0.2) is 55.1 Å². The van der Waals surface area contributed by atoms with E-state index >= 15 is 0 Å². The average Bonchev–Trinajstić information content (AvgIpc) is 3.11. The fourth-order valence-corrected chi connectivity index (χ4v) is 3.72. The Labute approximate surface area is 142 Å². The Bertz CT molecular complexity index is 589. The summed E-state index contributed by atoms with van der Waals surface area (Å²) in [5.41, 5.74) is -1.15. The molecule has 1 unspecified atom stereocenters. The van der Waals surface area contributed by atoms with E-state index in [-0.39, 0.29) is 23.8 Å². The van der Waals surface area contributed by atoms with Crippen LogP contribution in [0.1, 0.15) is 58.6 Å². The first-order valence-electron chi connectivity index (χ1n) is 8.70. The Morgan fingerprint density at radius 1 is 1.42 bits per heavy atom. The van der Waals surface area contributed by atoms with Crippen LogP contribution in [0.25, 0.3) is 0 Å². The predicted molar refractivity (Wildman–Crippen MR) is 87.8 cm³/mol. The van der Waals surface area contributed by atoms with Gasteiger partial charge in [0.05, 0.1) is 18.3 Å². The number of aliphatic hydroxyl groups is 2. The van der Waals surface area contributed by atoms with Crippen LogP contribution >= 0.6 is 0 Å². The molecule has 3 rings (SSSR count). The molecule has 0 spiro atoms. The molecule has 2 heterocycles. The molecule has 0 bridgehead atoms. The highest BCUT2D eigenvalue weighted by Gasteiger charge is 2.50. The summed E-state index contributed by atoms with van der Waals surface area (Å²) >= 11 is 0. The number of carbonyl (C=O) groups is 1. The summed E-state index contributed by atoms with van der Waals surface area (Å²) in [5.74, 6) is -0.0931. The van der Waals surface area contributed by atoms with Gasteiger partial charge in [-0.1, -0.05) is 20.8 Å². The van der Waals surface area contributed by atoms with Crippen LogP contribution in [0.5, 0.6) is 0 Å². The monoisotopic (exact) mass is 336 g/mol. The number of amides is 1. The number of carbonyl (C=O) groups excluding carboxylic acids is 1. The molecule has 1 saturated carbocycles. The molecule has 3 N–H and O–H groups in total. The zero-order valence-electron chi connectivity index (χ0n) is 14.7. The maximum Gasteiger partial charge on any atom is 0.226 e. The van der Waals surface area contributed by atoms with Crippen molar-refractivity contribution in [1.82, 2.24) is 20.3 Å². The van der Waals surface area contributed by atoms with Gasteiger partial charge in [0.2, 0.25) is 5.91 Å². The van der Waals surface area contributed by atoms with Gasteiger partial charge < -0.3 is 15.1 Å². The van der Waals surface area contributed by atoms with Crippen molar-refractivity contribution in [3.8, 4) is 0 Å². The number of hydrogen-bond donors (Lipinski definition) is 3. The Morgan fingerprint density at radius 2 is 2.12 bits per heavy atom. The molecule has 7 heteroatoms. The van der Waals surface area contributed by atoms with E-state index < -0.39 is 11.2 Å². The first kappa shape index (κ1) is 17.4. The SMILES string of the molecule is CC(C)(C)CCC1(O)CC(C(=O)N2CCC(O)(c3cn[nH]n3)C2)C1. The lowest BCUT2D eigenvalue weighted by molar-refractivity contribution is -0.153. The quantitative estimate of drug-likeness (QED) is 0.766. The molecule has 0 radical (unpaired) electrons. The smallest absolute Gasteiger partial charge is 0.226 e. The van der Waals surface area contributed by atoms with Gasteiger partial charge in [0, 0.05) is 18.9 Å². The first-order valence-corrected chi connectivity index (χ1v) is 8.70. The molecule has 24 heavy (non-hydrogen) atoms. The Morgan fingerprint density at radius 3 is 2.71 bits per heavy atom. The van der Waals surface area contributed by atoms with Gasteiger partial charge in [-0.25, -0.2) is 0 Å². The number of aromatic amines is 1. The van der Waals surface area contributed by atoms with Gasteiger partial charge in [-0.05, 0) is 31.1 Å². The Balaban J connectivity index is 1.52. The predicted octanol–water partition coefficient (Wildman–Crippen LogP) is 1.19. The lowest BCUT2D eigenvalue weighted by Crippen LogP contribution is -2.51. The molecule has 1 aliphatic carbocycles. The van der Waals surface area contributed by atoms with Gasteiger partial charge in [0.1, 0.15) is 11.3 Å². The molecule has 1 atom stereocenters. The van der Waals surface area contributed by atoms with E-state index in [2.05, 4.69) is 36.2 Å². The maximum atomic E-state index is 12.6. The molecule has 1 aliphatic heterocycles. The first-order chi connectivity index (χ1) is 11.1. The molecule has 1 aromatic rings. The fraction of sp³-hybridized carbons (Fsp3) is 0.824. The van der Waals surface area contributed by atoms with Gasteiger partial charge in [-0.2, -0.15) is 15.4 Å². The summed E-state index contributed by atoms with van der Waals surface area (Å²) in [6.07, 6.45) is 4.71. The molecular weight excluding hydrogens is 308 g/mol. The Kier molecular flexibility index (Phi) is 4.20. The van der Waals surface area contributed by atoms with E-state index in [1.54, 1.807) is 4.90 Å². The molecule has 2 fully saturated rings. The normalized spacial score (nSPS) is 33.5. The molecule has 2 aliphatic rings. The largest absolute Gasteiger partial charge is 0.390 e. The van der Waals surface area contributed by atoms with Crippen LogP contribution in [0.3, 0.4) is 0 Å². The summed E-state index contributed by atoms with van der Waals surface area (Å²) in [4.78, 5) is 14.3. The second-order valence-electron chi connectivity index (χ2n) is 8.79. The highest BCUT2D eigenvalue weighted by Crippen LogP contribution is 2.44. The van der Waals surface area contributed by atoms with Crippen molar-refractivity contribution < 1.29 is 15.0 Å². The van der Waals surface area contributed by atoms with Crippen molar-refractivity contribution in [3.05, 3.63) is 11.9 Å². The van der Waals surface area contributed by atoms with Crippen molar-refractivity contribution in [2.24, 2.45) is 11.3 Å². The van der Waals surface area contributed by atoms with Gasteiger partial charge in [-0.3, -0.25) is 4.79 Å². The van der Waals surface area contributed by atoms with Gasteiger partial charge in [0.25, 0.3) is 0 Å². The van der Waals surface area contributed by atoms with Crippen molar-refractivity contribution in [2.45, 2.75) is 64.1 Å². The highest BCUT2D eigenvalue weighted by atomic mass is 16.3. The molecular formula is C17H28N4O3. The van der Waals surface area contributed by atoms with E-state index in [4.69, 9.17) is 0 Å². The summed E-state index contributed by atoms with van der Waals surface area (Å²) in [6, 6.07) is 0. The third-order valence-electron chi connectivity index (χ3n) is 5.39. The number of likely N-dealkylation sites (tertiary alicyclic amines) is 1. The number of H-pyrrole nitrogens is 1. The number of aromatic nitrogens is 3. The standard InChI is InChI=1S/C17H28N4O3/c1-15(2,3)4-5-16(23)8-12(9-16)14(22)21-7-6-17(24,11-21)13-10-18-20-19-13/h10,12,23-24H,4-9,11H2,1-3H3,(H,18,19,20). The van der Waals surface area contributed by atoms with Crippen molar-refractivity contribution in [1.29, 1.82) is 0 Å². The van der Waals surface area contributed by atoms with Crippen LogP contribution in [0, 0.1) is 11.3 Å². The third-order valence-corrected chi connectivity index (χ3v) is 5.39. The number of hydrogen-bond acceptors (Lipinski definition) is 5. The maximum absolute atomic E-state index is 12.6. The number of β-amino-alcohol motifs (C(OH)–C–C–N with tert-alkyl or cyclic N) is 1. The third kappa shape index (κ3) is 3.47. The second-order valence-corrected chi connectivity index (χ2v) is 8.79. The summed E-state index contributed by atoms with van der Waals surface area (Å²) in [7, 11) is 0. The Hall–Kier alpha value is -1.47. The van der Waals surface area contributed by atoms with Crippen molar-refractivity contribution in [3.63, 3.8) is 0 Å². The topological polar surface area (TPSA) is 102 Å². The van der Waals surface area contributed by atoms with Gasteiger partial charge >= 0.3 is 0 Å². The lowest BCUT2D eigenvalue weighted by Gasteiger charge is -2.45. The lowest BCUT2D eigenvalue weighted by atomic mass is 9.66. The number of rotatable bonds is 4. The van der Waals surface area contributed by atoms with E-state index in [9.17, 15) is 15.0 Å². The number of nitrogens with one attached hydrogen (secondary N) is 1. The highest BCUT2D eigenvalue weighted by molar-refractivity contribution is 5.80. The van der Waals surface area contributed by atoms with Crippen LogP contribution in [-0.2, 0) is 10.4 Å². The van der Waals surface area contributed by atoms with E-state index in [1.807, 2.05) is 0 Å². The summed E-state index contributed by atoms with van der Waals surface area (Å²) < 4.78 is 0. The second kappa shape index (κ2) is 5.81. The summed E-state index contributed by atoms with van der Waals surface area (Å²) in [5, 5.41) is 31.4. The van der Waals surface area contributed by atoms with E-state index in [0.29, 0.717) is 31.5 Å². The molecule has 7 nitrogen and oxygen atoms in total. The minimum absolute atomic E-state index is 0.0369. The average molecular weight is 336 g/mol. The van der Waals surface area contributed by atoms with Crippen LogP contribution in [0.2, 0.25) is 0 Å².